The average molecular weight is 448 g/mol. The standard InChI is InChI=1S/C28H37N3O2/c1-4-25(5-2)33-27-12-11-21(17-28(27)32-6-3)20-31-15-13-23(14-16-31)30-24-18-22-9-7-8-10-26(22)29-19-24/h7-12,17-19,23,25,30H,4-6,13-16,20H2,1-3H3. The highest BCUT2D eigenvalue weighted by Crippen LogP contribution is 2.31. The highest BCUT2D eigenvalue weighted by Gasteiger charge is 2.20. The zero-order valence-corrected chi connectivity index (χ0v) is 20.2. The molecule has 1 saturated heterocycles. The number of aromatic nitrogens is 1. The third-order valence-corrected chi connectivity index (χ3v) is 6.47. The van der Waals surface area contributed by atoms with Gasteiger partial charge in [-0.15, -0.1) is 0 Å². The molecule has 1 N–H and O–H groups in total. The molecule has 0 saturated carbocycles. The van der Waals surface area contributed by atoms with E-state index < -0.39 is 0 Å². The van der Waals surface area contributed by atoms with Gasteiger partial charge in [0.15, 0.2) is 11.5 Å². The van der Waals surface area contributed by atoms with E-state index in [2.05, 4.69) is 71.5 Å². The van der Waals surface area contributed by atoms with E-state index in [-0.39, 0.29) is 6.10 Å². The SMILES string of the molecule is CCOc1cc(CN2CCC(Nc3cnc4ccccc4c3)CC2)ccc1OC(CC)CC. The van der Waals surface area contributed by atoms with Crippen molar-refractivity contribution in [2.75, 3.05) is 25.0 Å². The molecule has 3 aromatic rings. The number of pyridine rings is 1. The Labute approximate surface area is 198 Å². The van der Waals surface area contributed by atoms with E-state index in [0.717, 1.165) is 68.0 Å². The first kappa shape index (κ1) is 23.4. The number of hydrogen-bond donors (Lipinski definition) is 1. The first-order chi connectivity index (χ1) is 16.2. The van der Waals surface area contributed by atoms with Crippen molar-refractivity contribution >= 4 is 16.6 Å². The number of ether oxygens (including phenoxy) is 2. The first-order valence-electron chi connectivity index (χ1n) is 12.4. The van der Waals surface area contributed by atoms with Crippen LogP contribution in [0.15, 0.2) is 54.7 Å². The second kappa shape index (κ2) is 11.4. The molecule has 176 valence electrons. The minimum absolute atomic E-state index is 0.236. The van der Waals surface area contributed by atoms with Gasteiger partial charge in [-0.05, 0) is 62.4 Å². The van der Waals surface area contributed by atoms with Crippen molar-refractivity contribution in [2.45, 2.75) is 65.1 Å². The molecule has 0 radical (unpaired) electrons. The molecule has 1 aliphatic rings. The van der Waals surface area contributed by atoms with E-state index in [0.29, 0.717) is 12.6 Å². The van der Waals surface area contributed by atoms with E-state index >= 15 is 0 Å². The fourth-order valence-corrected chi connectivity index (χ4v) is 4.53. The highest BCUT2D eigenvalue weighted by atomic mass is 16.5. The maximum absolute atomic E-state index is 6.19. The highest BCUT2D eigenvalue weighted by molar-refractivity contribution is 5.81. The Bertz CT molecular complexity index is 1030. The van der Waals surface area contributed by atoms with Gasteiger partial charge in [-0.25, -0.2) is 0 Å². The van der Waals surface area contributed by atoms with Crippen LogP contribution in [-0.2, 0) is 6.54 Å². The number of hydrogen-bond acceptors (Lipinski definition) is 5. The topological polar surface area (TPSA) is 46.6 Å². The second-order valence-electron chi connectivity index (χ2n) is 8.88. The summed E-state index contributed by atoms with van der Waals surface area (Å²) in [6.07, 6.45) is 6.45. The Morgan fingerprint density at radius 2 is 1.79 bits per heavy atom. The van der Waals surface area contributed by atoms with E-state index in [9.17, 15) is 0 Å². The Kier molecular flexibility index (Phi) is 8.05. The minimum atomic E-state index is 0.236. The van der Waals surface area contributed by atoms with Crippen LogP contribution in [0.4, 0.5) is 5.69 Å². The van der Waals surface area contributed by atoms with Crippen molar-refractivity contribution in [3.63, 3.8) is 0 Å². The Balaban J connectivity index is 1.32. The summed E-state index contributed by atoms with van der Waals surface area (Å²) in [5, 5.41) is 4.88. The van der Waals surface area contributed by atoms with E-state index in [4.69, 9.17) is 9.47 Å². The van der Waals surface area contributed by atoms with Crippen LogP contribution in [0.25, 0.3) is 10.9 Å². The molecular weight excluding hydrogens is 410 g/mol. The molecule has 0 bridgehead atoms. The number of nitrogens with zero attached hydrogens (tertiary/aromatic N) is 2. The summed E-state index contributed by atoms with van der Waals surface area (Å²) in [6.45, 7) is 10.1. The molecule has 0 amide bonds. The summed E-state index contributed by atoms with van der Waals surface area (Å²) in [5.74, 6) is 1.73. The molecule has 0 aliphatic carbocycles. The number of nitrogens with one attached hydrogen (secondary N) is 1. The van der Waals surface area contributed by atoms with Gasteiger partial charge in [0.05, 0.1) is 30.1 Å². The zero-order chi connectivity index (χ0) is 23.0. The number of piperidine rings is 1. The fraction of sp³-hybridized carbons (Fsp3) is 0.464. The van der Waals surface area contributed by atoms with E-state index in [1.165, 1.54) is 10.9 Å². The Hall–Kier alpha value is -2.79. The van der Waals surface area contributed by atoms with Gasteiger partial charge in [0, 0.05) is 31.1 Å². The predicted molar refractivity (Wildman–Crippen MR) is 136 cm³/mol. The predicted octanol–water partition coefficient (Wildman–Crippen LogP) is 6.28. The van der Waals surface area contributed by atoms with Crippen molar-refractivity contribution in [1.29, 1.82) is 0 Å². The minimum Gasteiger partial charge on any atom is -0.490 e. The molecule has 1 aliphatic heterocycles. The van der Waals surface area contributed by atoms with Gasteiger partial charge in [0.2, 0.25) is 0 Å². The smallest absolute Gasteiger partial charge is 0.161 e. The summed E-state index contributed by atoms with van der Waals surface area (Å²) in [5.41, 5.74) is 3.43. The van der Waals surface area contributed by atoms with Gasteiger partial charge >= 0.3 is 0 Å². The van der Waals surface area contributed by atoms with Crippen molar-refractivity contribution in [1.82, 2.24) is 9.88 Å². The zero-order valence-electron chi connectivity index (χ0n) is 20.2. The fourth-order valence-electron chi connectivity index (χ4n) is 4.53. The van der Waals surface area contributed by atoms with Crippen LogP contribution >= 0.6 is 0 Å². The third-order valence-electron chi connectivity index (χ3n) is 6.47. The summed E-state index contributed by atoms with van der Waals surface area (Å²) in [6, 6.07) is 17.4. The van der Waals surface area contributed by atoms with Crippen molar-refractivity contribution in [3.8, 4) is 11.5 Å². The quantitative estimate of drug-likeness (QED) is 0.396. The van der Waals surface area contributed by atoms with Crippen LogP contribution in [0.1, 0.15) is 52.0 Å². The van der Waals surface area contributed by atoms with Crippen LogP contribution in [0.2, 0.25) is 0 Å². The first-order valence-corrected chi connectivity index (χ1v) is 12.4. The molecule has 5 heteroatoms. The van der Waals surface area contributed by atoms with Crippen LogP contribution in [-0.4, -0.2) is 41.7 Å². The molecule has 2 aromatic carbocycles. The molecule has 0 unspecified atom stereocenters. The third kappa shape index (κ3) is 6.17. The van der Waals surface area contributed by atoms with Crippen LogP contribution in [0.3, 0.4) is 0 Å². The lowest BCUT2D eigenvalue weighted by atomic mass is 10.0. The lowest BCUT2D eigenvalue weighted by Gasteiger charge is -2.33. The normalized spacial score (nSPS) is 15.2. The number of anilines is 1. The molecule has 33 heavy (non-hydrogen) atoms. The largest absolute Gasteiger partial charge is 0.490 e. The number of para-hydroxylation sites is 1. The van der Waals surface area contributed by atoms with E-state index in [1.54, 1.807) is 0 Å². The van der Waals surface area contributed by atoms with Crippen molar-refractivity contribution < 1.29 is 9.47 Å². The summed E-state index contributed by atoms with van der Waals surface area (Å²) >= 11 is 0. The number of rotatable bonds is 10. The average Bonchev–Trinajstić information content (AvgIpc) is 2.85. The monoisotopic (exact) mass is 447 g/mol. The summed E-state index contributed by atoms with van der Waals surface area (Å²) < 4.78 is 12.1. The number of benzene rings is 2. The molecule has 5 nitrogen and oxygen atoms in total. The van der Waals surface area contributed by atoms with Crippen LogP contribution < -0.4 is 14.8 Å². The van der Waals surface area contributed by atoms with Crippen molar-refractivity contribution in [2.24, 2.45) is 0 Å². The molecule has 0 atom stereocenters. The van der Waals surface area contributed by atoms with Gasteiger partial charge in [-0.3, -0.25) is 9.88 Å². The molecule has 1 aromatic heterocycles. The summed E-state index contributed by atoms with van der Waals surface area (Å²) in [4.78, 5) is 7.11. The van der Waals surface area contributed by atoms with Crippen molar-refractivity contribution in [3.05, 3.63) is 60.3 Å². The lowest BCUT2D eigenvalue weighted by molar-refractivity contribution is 0.181. The van der Waals surface area contributed by atoms with Gasteiger partial charge in [-0.2, -0.15) is 0 Å². The van der Waals surface area contributed by atoms with Gasteiger partial charge in [-0.1, -0.05) is 38.1 Å². The maximum Gasteiger partial charge on any atom is 0.161 e. The van der Waals surface area contributed by atoms with Crippen LogP contribution in [0.5, 0.6) is 11.5 Å². The second-order valence-corrected chi connectivity index (χ2v) is 8.88. The number of likely N-dealkylation sites (tertiary alicyclic amines) is 1. The Morgan fingerprint density at radius 1 is 1.00 bits per heavy atom. The van der Waals surface area contributed by atoms with Gasteiger partial charge < -0.3 is 14.8 Å². The summed E-state index contributed by atoms with van der Waals surface area (Å²) in [7, 11) is 0. The molecule has 2 heterocycles. The Morgan fingerprint density at radius 3 is 2.55 bits per heavy atom. The van der Waals surface area contributed by atoms with Gasteiger partial charge in [0.25, 0.3) is 0 Å². The molecule has 0 spiro atoms. The van der Waals surface area contributed by atoms with E-state index in [1.807, 2.05) is 19.2 Å². The lowest BCUT2D eigenvalue weighted by Crippen LogP contribution is -2.38. The maximum atomic E-state index is 6.19. The van der Waals surface area contributed by atoms with Crippen LogP contribution in [0, 0.1) is 0 Å². The molecule has 1 fully saturated rings. The number of fused-ring (bicyclic) bond motifs is 1. The van der Waals surface area contributed by atoms with Gasteiger partial charge in [0.1, 0.15) is 0 Å². The molecule has 4 rings (SSSR count). The molecular formula is C28H37N3O2.